The standard InChI is InChI=1S/C16H18N4O2/c1-12-10-13(2)20(19-12)11-16(22)18-17-15(21)9-8-14-6-4-3-5-7-14/h3-10H,11H2,1-2H3,(H,17,21)(H,18,22)/b9-8+. The molecule has 0 radical (unpaired) electrons. The molecule has 0 unspecified atom stereocenters. The minimum atomic E-state index is -0.398. The van der Waals surface area contributed by atoms with E-state index in [0.717, 1.165) is 17.0 Å². The van der Waals surface area contributed by atoms with Crippen molar-refractivity contribution in [3.05, 3.63) is 59.4 Å². The molecule has 2 rings (SSSR count). The minimum Gasteiger partial charge on any atom is -0.271 e. The number of aromatic nitrogens is 2. The van der Waals surface area contributed by atoms with E-state index in [2.05, 4.69) is 16.0 Å². The van der Waals surface area contributed by atoms with Crippen molar-refractivity contribution in [1.82, 2.24) is 20.6 Å². The number of nitrogens with one attached hydrogen (secondary N) is 2. The molecule has 2 N–H and O–H groups in total. The maximum atomic E-state index is 11.7. The molecule has 1 aromatic heterocycles. The molecule has 0 spiro atoms. The van der Waals surface area contributed by atoms with Crippen LogP contribution in [0, 0.1) is 13.8 Å². The Morgan fingerprint density at radius 3 is 2.55 bits per heavy atom. The SMILES string of the molecule is Cc1cc(C)n(CC(=O)NNC(=O)/C=C/c2ccccc2)n1. The number of carbonyl (C=O) groups excluding carboxylic acids is 2. The maximum absolute atomic E-state index is 11.7. The molecular weight excluding hydrogens is 280 g/mol. The third-order valence-electron chi connectivity index (χ3n) is 2.95. The van der Waals surface area contributed by atoms with Gasteiger partial charge in [-0.3, -0.25) is 25.1 Å². The second-order valence-electron chi connectivity index (χ2n) is 4.87. The molecule has 0 saturated carbocycles. The molecule has 0 atom stereocenters. The molecule has 0 saturated heterocycles. The van der Waals surface area contributed by atoms with Gasteiger partial charge in [0.2, 0.25) is 0 Å². The molecule has 0 fully saturated rings. The van der Waals surface area contributed by atoms with Crippen LogP contribution in [0.2, 0.25) is 0 Å². The van der Waals surface area contributed by atoms with Crippen LogP contribution in [-0.2, 0) is 16.1 Å². The molecule has 2 amide bonds. The Bertz CT molecular complexity index is 689. The fourth-order valence-electron chi connectivity index (χ4n) is 1.92. The quantitative estimate of drug-likeness (QED) is 0.661. The summed E-state index contributed by atoms with van der Waals surface area (Å²) < 4.78 is 1.58. The van der Waals surface area contributed by atoms with E-state index in [1.54, 1.807) is 10.8 Å². The predicted molar refractivity (Wildman–Crippen MR) is 83.5 cm³/mol. The van der Waals surface area contributed by atoms with Crippen LogP contribution in [0.4, 0.5) is 0 Å². The van der Waals surface area contributed by atoms with Gasteiger partial charge in [0.1, 0.15) is 6.54 Å². The molecule has 6 nitrogen and oxygen atoms in total. The first-order chi connectivity index (χ1) is 10.5. The summed E-state index contributed by atoms with van der Waals surface area (Å²) in [6.07, 6.45) is 3.03. The van der Waals surface area contributed by atoms with Crippen molar-refractivity contribution >= 4 is 17.9 Å². The first-order valence-corrected chi connectivity index (χ1v) is 6.87. The van der Waals surface area contributed by atoms with Gasteiger partial charge in [-0.25, -0.2) is 0 Å². The highest BCUT2D eigenvalue weighted by molar-refractivity contribution is 5.93. The van der Waals surface area contributed by atoms with Gasteiger partial charge in [0.05, 0.1) is 5.69 Å². The highest BCUT2D eigenvalue weighted by Gasteiger charge is 2.07. The van der Waals surface area contributed by atoms with E-state index in [9.17, 15) is 9.59 Å². The summed E-state index contributed by atoms with van der Waals surface area (Å²) in [4.78, 5) is 23.4. The second kappa shape index (κ2) is 7.21. The third-order valence-corrected chi connectivity index (χ3v) is 2.95. The Kier molecular flexibility index (Phi) is 5.08. The van der Waals surface area contributed by atoms with Gasteiger partial charge in [-0.15, -0.1) is 0 Å². The molecule has 1 heterocycles. The van der Waals surface area contributed by atoms with Crippen LogP contribution in [0.1, 0.15) is 17.0 Å². The summed E-state index contributed by atoms with van der Waals surface area (Å²) in [5.74, 6) is -0.738. The zero-order valence-corrected chi connectivity index (χ0v) is 12.5. The normalized spacial score (nSPS) is 10.6. The molecular formula is C16H18N4O2. The number of hydrogen-bond donors (Lipinski definition) is 2. The van der Waals surface area contributed by atoms with Gasteiger partial charge in [0.25, 0.3) is 11.8 Å². The average Bonchev–Trinajstić information content (AvgIpc) is 2.82. The third kappa shape index (κ3) is 4.59. The molecule has 1 aromatic carbocycles. The van der Waals surface area contributed by atoms with E-state index >= 15 is 0 Å². The number of aryl methyl sites for hydroxylation is 2. The van der Waals surface area contributed by atoms with Gasteiger partial charge in [-0.2, -0.15) is 5.10 Å². The van der Waals surface area contributed by atoms with Crippen LogP contribution in [0.3, 0.4) is 0 Å². The minimum absolute atomic E-state index is 0.0579. The van der Waals surface area contributed by atoms with Crippen molar-refractivity contribution in [2.75, 3.05) is 0 Å². The van der Waals surface area contributed by atoms with Crippen molar-refractivity contribution < 1.29 is 9.59 Å². The fourth-order valence-corrected chi connectivity index (χ4v) is 1.92. The summed E-state index contributed by atoms with van der Waals surface area (Å²) in [6.45, 7) is 3.79. The lowest BCUT2D eigenvalue weighted by atomic mass is 10.2. The van der Waals surface area contributed by atoms with E-state index < -0.39 is 5.91 Å². The Labute approximate surface area is 128 Å². The number of nitrogens with zero attached hydrogens (tertiary/aromatic N) is 2. The number of amides is 2. The van der Waals surface area contributed by atoms with Crippen LogP contribution in [-0.4, -0.2) is 21.6 Å². The first-order valence-electron chi connectivity index (χ1n) is 6.87. The second-order valence-corrected chi connectivity index (χ2v) is 4.87. The van der Waals surface area contributed by atoms with E-state index in [4.69, 9.17) is 0 Å². The number of hydrazine groups is 1. The van der Waals surface area contributed by atoms with Crippen molar-refractivity contribution in [2.45, 2.75) is 20.4 Å². The smallest absolute Gasteiger partial charge is 0.262 e. The Balaban J connectivity index is 1.80. The van der Waals surface area contributed by atoms with Crippen molar-refractivity contribution in [1.29, 1.82) is 0 Å². The Hall–Kier alpha value is -2.89. The Morgan fingerprint density at radius 1 is 1.18 bits per heavy atom. The lowest BCUT2D eigenvalue weighted by Gasteiger charge is -2.06. The first kappa shape index (κ1) is 15.5. The highest BCUT2D eigenvalue weighted by atomic mass is 16.2. The van der Waals surface area contributed by atoms with E-state index in [1.807, 2.05) is 50.2 Å². The van der Waals surface area contributed by atoms with Crippen LogP contribution >= 0.6 is 0 Å². The number of carbonyl (C=O) groups is 2. The van der Waals surface area contributed by atoms with Crippen LogP contribution in [0.15, 0.2) is 42.5 Å². The topological polar surface area (TPSA) is 76.0 Å². The van der Waals surface area contributed by atoms with Gasteiger partial charge in [0.15, 0.2) is 0 Å². The summed E-state index contributed by atoms with van der Waals surface area (Å²) in [6, 6.07) is 11.3. The van der Waals surface area contributed by atoms with Gasteiger partial charge in [-0.1, -0.05) is 30.3 Å². The average molecular weight is 298 g/mol. The summed E-state index contributed by atoms with van der Waals surface area (Å²) in [5, 5.41) is 4.18. The van der Waals surface area contributed by atoms with Crippen LogP contribution < -0.4 is 10.9 Å². The van der Waals surface area contributed by atoms with Crippen LogP contribution in [0.25, 0.3) is 6.08 Å². The van der Waals surface area contributed by atoms with Gasteiger partial charge in [-0.05, 0) is 31.6 Å². The largest absolute Gasteiger partial charge is 0.271 e. The zero-order chi connectivity index (χ0) is 15.9. The Morgan fingerprint density at radius 2 is 1.91 bits per heavy atom. The number of benzene rings is 1. The summed E-state index contributed by atoms with van der Waals surface area (Å²) >= 11 is 0. The van der Waals surface area contributed by atoms with Crippen molar-refractivity contribution in [3.8, 4) is 0 Å². The van der Waals surface area contributed by atoms with Crippen molar-refractivity contribution in [2.24, 2.45) is 0 Å². The number of rotatable bonds is 4. The predicted octanol–water partition coefficient (Wildman–Crippen LogP) is 1.36. The maximum Gasteiger partial charge on any atom is 0.262 e. The highest BCUT2D eigenvalue weighted by Crippen LogP contribution is 2.01. The molecule has 0 aliphatic carbocycles. The molecule has 0 aliphatic rings. The van der Waals surface area contributed by atoms with Crippen molar-refractivity contribution in [3.63, 3.8) is 0 Å². The molecule has 6 heteroatoms. The lowest BCUT2D eigenvalue weighted by Crippen LogP contribution is -2.42. The van der Waals surface area contributed by atoms with Gasteiger partial charge in [0, 0.05) is 11.8 Å². The molecule has 2 aromatic rings. The monoisotopic (exact) mass is 298 g/mol. The molecule has 114 valence electrons. The fraction of sp³-hybridized carbons (Fsp3) is 0.188. The lowest BCUT2D eigenvalue weighted by molar-refractivity contribution is -0.127. The summed E-state index contributed by atoms with van der Waals surface area (Å²) in [7, 11) is 0. The zero-order valence-electron chi connectivity index (χ0n) is 12.5. The molecule has 22 heavy (non-hydrogen) atoms. The van der Waals surface area contributed by atoms with E-state index in [0.29, 0.717) is 0 Å². The van der Waals surface area contributed by atoms with E-state index in [1.165, 1.54) is 6.08 Å². The summed E-state index contributed by atoms with van der Waals surface area (Å²) in [5.41, 5.74) is 7.33. The van der Waals surface area contributed by atoms with Crippen LogP contribution in [0.5, 0.6) is 0 Å². The van der Waals surface area contributed by atoms with E-state index in [-0.39, 0.29) is 12.5 Å². The van der Waals surface area contributed by atoms with Gasteiger partial charge < -0.3 is 0 Å². The molecule has 0 aliphatic heterocycles. The van der Waals surface area contributed by atoms with Gasteiger partial charge >= 0.3 is 0 Å². The number of hydrogen-bond acceptors (Lipinski definition) is 3. The molecule has 0 bridgehead atoms.